The zero-order valence-corrected chi connectivity index (χ0v) is 14.7. The van der Waals surface area contributed by atoms with Crippen LogP contribution in [-0.2, 0) is 14.8 Å². The van der Waals surface area contributed by atoms with Crippen LogP contribution in [0.5, 0.6) is 0 Å². The summed E-state index contributed by atoms with van der Waals surface area (Å²) in [7, 11) is -3.32. The molecule has 1 aliphatic rings. The maximum absolute atomic E-state index is 12.2. The molecule has 1 amide bonds. The van der Waals surface area contributed by atoms with Crippen molar-refractivity contribution in [3.05, 3.63) is 22.6 Å². The predicted octanol–water partition coefficient (Wildman–Crippen LogP) is 0.334. The van der Waals surface area contributed by atoms with Crippen molar-refractivity contribution in [1.29, 1.82) is 0 Å². The molecule has 1 fully saturated rings. The van der Waals surface area contributed by atoms with Gasteiger partial charge in [-0.25, -0.2) is 17.9 Å². The fourth-order valence-corrected chi connectivity index (χ4v) is 3.43. The van der Waals surface area contributed by atoms with E-state index in [0.717, 1.165) is 37.9 Å². The summed E-state index contributed by atoms with van der Waals surface area (Å²) in [5, 5.41) is 2.82. The van der Waals surface area contributed by atoms with Crippen LogP contribution in [0.15, 0.2) is 16.9 Å². The average molecular weight is 367 g/mol. The highest BCUT2D eigenvalue weighted by Crippen LogP contribution is 2.32. The molecule has 10 heteroatoms. The minimum atomic E-state index is -3.32. The third-order valence-corrected chi connectivity index (χ3v) is 4.80. The highest BCUT2D eigenvalue weighted by molar-refractivity contribution is 7.88. The van der Waals surface area contributed by atoms with E-state index >= 15 is 0 Å². The number of hydrogen-bond donors (Lipinski definition) is 4. The SMILES string of the molecule is CS(=O)(=O)NCCC(=O)Nc1cc2[nH]c(=O)[nH]c2cc1N1CCCC1. The van der Waals surface area contributed by atoms with Crippen LogP contribution in [0.2, 0.25) is 0 Å². The summed E-state index contributed by atoms with van der Waals surface area (Å²) in [6, 6.07) is 3.58. The van der Waals surface area contributed by atoms with E-state index in [1.807, 2.05) is 6.07 Å². The number of imidazole rings is 1. The van der Waals surface area contributed by atoms with Crippen molar-refractivity contribution in [2.45, 2.75) is 19.3 Å². The number of nitrogens with one attached hydrogen (secondary N) is 4. The number of nitrogens with zero attached hydrogens (tertiary/aromatic N) is 1. The third-order valence-electron chi connectivity index (χ3n) is 4.07. The maximum Gasteiger partial charge on any atom is 0.323 e. The summed E-state index contributed by atoms with van der Waals surface area (Å²) in [5.74, 6) is -0.297. The highest BCUT2D eigenvalue weighted by atomic mass is 32.2. The Morgan fingerprint density at radius 3 is 2.48 bits per heavy atom. The molecule has 0 bridgehead atoms. The minimum absolute atomic E-state index is 0.0220. The number of fused-ring (bicyclic) bond motifs is 1. The Bertz CT molecular complexity index is 940. The van der Waals surface area contributed by atoms with Crippen molar-refractivity contribution >= 4 is 38.3 Å². The smallest absolute Gasteiger partial charge is 0.323 e. The second kappa shape index (κ2) is 6.89. The lowest BCUT2D eigenvalue weighted by molar-refractivity contribution is -0.116. The second-order valence-corrected chi connectivity index (χ2v) is 7.99. The summed E-state index contributed by atoms with van der Waals surface area (Å²) < 4.78 is 24.4. The molecule has 0 unspecified atom stereocenters. The zero-order valence-electron chi connectivity index (χ0n) is 13.9. The van der Waals surface area contributed by atoms with Gasteiger partial charge < -0.3 is 20.2 Å². The molecule has 2 aromatic rings. The van der Waals surface area contributed by atoms with E-state index in [-0.39, 0.29) is 24.6 Å². The zero-order chi connectivity index (χ0) is 18.0. The monoisotopic (exact) mass is 367 g/mol. The molecular weight excluding hydrogens is 346 g/mol. The molecule has 0 aliphatic carbocycles. The number of anilines is 2. The Hall–Kier alpha value is -2.33. The third kappa shape index (κ3) is 4.40. The Morgan fingerprint density at radius 1 is 1.20 bits per heavy atom. The van der Waals surface area contributed by atoms with Gasteiger partial charge in [0.25, 0.3) is 0 Å². The van der Waals surface area contributed by atoms with Crippen LogP contribution < -0.4 is 20.6 Å². The molecule has 1 aromatic carbocycles. The molecule has 25 heavy (non-hydrogen) atoms. The maximum atomic E-state index is 12.2. The number of aromatic nitrogens is 2. The number of amides is 1. The first-order valence-corrected chi connectivity index (χ1v) is 9.96. The van der Waals surface area contributed by atoms with Crippen LogP contribution >= 0.6 is 0 Å². The lowest BCUT2D eigenvalue weighted by Crippen LogP contribution is -2.27. The summed E-state index contributed by atoms with van der Waals surface area (Å²) >= 11 is 0. The number of aromatic amines is 2. The quantitative estimate of drug-likeness (QED) is 0.585. The van der Waals surface area contributed by atoms with E-state index in [4.69, 9.17) is 0 Å². The Labute approximate surface area is 144 Å². The normalized spacial score (nSPS) is 15.0. The van der Waals surface area contributed by atoms with Gasteiger partial charge in [-0.1, -0.05) is 0 Å². The molecule has 9 nitrogen and oxygen atoms in total. The molecule has 0 atom stereocenters. The van der Waals surface area contributed by atoms with Gasteiger partial charge in [-0.15, -0.1) is 0 Å². The number of rotatable bonds is 6. The average Bonchev–Trinajstić information content (AvgIpc) is 3.13. The summed E-state index contributed by atoms with van der Waals surface area (Å²) in [6.45, 7) is 1.81. The van der Waals surface area contributed by atoms with Gasteiger partial charge in [0.1, 0.15) is 0 Å². The van der Waals surface area contributed by atoms with E-state index in [0.29, 0.717) is 16.7 Å². The number of carbonyl (C=O) groups is 1. The second-order valence-electron chi connectivity index (χ2n) is 6.15. The van der Waals surface area contributed by atoms with Gasteiger partial charge in [0.15, 0.2) is 0 Å². The first kappa shape index (κ1) is 17.5. The van der Waals surface area contributed by atoms with Crippen LogP contribution in [0.4, 0.5) is 11.4 Å². The molecule has 1 saturated heterocycles. The standard InChI is InChI=1S/C15H21N5O4S/c1-25(23,24)16-5-4-14(21)17-12-8-10-11(19-15(22)18-10)9-13(12)20-6-2-3-7-20/h8-9,16H,2-7H2,1H3,(H,17,21)(H2,18,19,22). The van der Waals surface area contributed by atoms with Gasteiger partial charge in [0, 0.05) is 26.1 Å². The lowest BCUT2D eigenvalue weighted by Gasteiger charge is -2.22. The van der Waals surface area contributed by atoms with Gasteiger partial charge in [-0.3, -0.25) is 4.79 Å². The Kier molecular flexibility index (Phi) is 4.82. The number of carbonyl (C=O) groups excluding carboxylic acids is 1. The molecule has 0 radical (unpaired) electrons. The summed E-state index contributed by atoms with van der Waals surface area (Å²) in [6.07, 6.45) is 3.22. The fourth-order valence-electron chi connectivity index (χ4n) is 2.95. The van der Waals surface area contributed by atoms with Gasteiger partial charge >= 0.3 is 5.69 Å². The van der Waals surface area contributed by atoms with Crippen LogP contribution in [0, 0.1) is 0 Å². The van der Waals surface area contributed by atoms with Gasteiger partial charge in [0.05, 0.1) is 28.7 Å². The summed E-state index contributed by atoms with van der Waals surface area (Å²) in [5.41, 5.74) is 2.45. The first-order valence-electron chi connectivity index (χ1n) is 8.07. The number of hydrogen-bond acceptors (Lipinski definition) is 5. The van der Waals surface area contributed by atoms with Crippen molar-refractivity contribution < 1.29 is 13.2 Å². The van der Waals surface area contributed by atoms with Gasteiger partial charge in [-0.2, -0.15) is 0 Å². The molecule has 1 aromatic heterocycles. The van der Waals surface area contributed by atoms with Crippen LogP contribution in [0.1, 0.15) is 19.3 Å². The van der Waals surface area contributed by atoms with Crippen LogP contribution in [0.25, 0.3) is 11.0 Å². The fraction of sp³-hybridized carbons (Fsp3) is 0.467. The van der Waals surface area contributed by atoms with Gasteiger partial charge in [-0.05, 0) is 25.0 Å². The summed E-state index contributed by atoms with van der Waals surface area (Å²) in [4.78, 5) is 31.2. The first-order chi connectivity index (χ1) is 11.8. The minimum Gasteiger partial charge on any atom is -0.370 e. The number of sulfonamides is 1. The van der Waals surface area contributed by atoms with Crippen molar-refractivity contribution in [3.63, 3.8) is 0 Å². The van der Waals surface area contributed by atoms with Crippen molar-refractivity contribution in [1.82, 2.24) is 14.7 Å². The molecule has 0 saturated carbocycles. The van der Waals surface area contributed by atoms with E-state index < -0.39 is 10.0 Å². The number of benzene rings is 1. The topological polar surface area (TPSA) is 127 Å². The van der Waals surface area contributed by atoms with Crippen LogP contribution in [-0.4, -0.2) is 50.2 Å². The van der Waals surface area contributed by atoms with Crippen molar-refractivity contribution in [2.75, 3.05) is 36.1 Å². The largest absolute Gasteiger partial charge is 0.370 e. The predicted molar refractivity (Wildman–Crippen MR) is 96.5 cm³/mol. The van der Waals surface area contributed by atoms with Crippen molar-refractivity contribution in [2.24, 2.45) is 0 Å². The van der Waals surface area contributed by atoms with E-state index in [2.05, 4.69) is 24.9 Å². The highest BCUT2D eigenvalue weighted by Gasteiger charge is 2.19. The molecule has 136 valence electrons. The molecule has 3 rings (SSSR count). The lowest BCUT2D eigenvalue weighted by atomic mass is 10.2. The van der Waals surface area contributed by atoms with Crippen molar-refractivity contribution in [3.8, 4) is 0 Å². The molecule has 2 heterocycles. The van der Waals surface area contributed by atoms with E-state index in [1.165, 1.54) is 0 Å². The molecular formula is C15H21N5O4S. The van der Waals surface area contributed by atoms with Gasteiger partial charge in [0.2, 0.25) is 15.9 Å². The number of H-pyrrole nitrogens is 2. The molecule has 4 N–H and O–H groups in total. The molecule has 1 aliphatic heterocycles. The Balaban J connectivity index is 1.81. The van der Waals surface area contributed by atoms with E-state index in [1.54, 1.807) is 6.07 Å². The van der Waals surface area contributed by atoms with E-state index in [9.17, 15) is 18.0 Å². The molecule has 0 spiro atoms. The Morgan fingerprint density at radius 2 is 1.84 bits per heavy atom. The van der Waals surface area contributed by atoms with Crippen LogP contribution in [0.3, 0.4) is 0 Å².